The van der Waals surface area contributed by atoms with Crippen molar-refractivity contribution < 1.29 is 33.9 Å². The highest BCUT2D eigenvalue weighted by Crippen LogP contribution is 2.12. The van der Waals surface area contributed by atoms with Gasteiger partial charge in [-0.2, -0.15) is 9.13 Å². The zero-order valence-electron chi connectivity index (χ0n) is 11.1. The Kier molecular flexibility index (Phi) is 6.30. The SMILES string of the molecule is Cc1cc[n+](C)c(-c2cc(C)cc[n+]2C)c1.[Cl-].[Cl-]. The van der Waals surface area contributed by atoms with Gasteiger partial charge in [-0.25, -0.2) is 0 Å². The van der Waals surface area contributed by atoms with Crippen LogP contribution < -0.4 is 33.9 Å². The number of aromatic nitrogens is 2. The summed E-state index contributed by atoms with van der Waals surface area (Å²) in [5.74, 6) is 0. The van der Waals surface area contributed by atoms with E-state index in [1.807, 2.05) is 0 Å². The van der Waals surface area contributed by atoms with Gasteiger partial charge in [0.05, 0.1) is 0 Å². The van der Waals surface area contributed by atoms with Gasteiger partial charge in [0.15, 0.2) is 12.4 Å². The quantitative estimate of drug-likeness (QED) is 0.468. The fourth-order valence-electron chi connectivity index (χ4n) is 1.86. The molecule has 0 saturated heterocycles. The van der Waals surface area contributed by atoms with Crippen molar-refractivity contribution in [1.82, 2.24) is 0 Å². The maximum Gasteiger partial charge on any atom is 0.277 e. The second kappa shape index (κ2) is 6.72. The molecule has 2 heterocycles. The van der Waals surface area contributed by atoms with E-state index in [2.05, 4.69) is 73.7 Å². The molecule has 0 radical (unpaired) electrons. The first-order valence-electron chi connectivity index (χ1n) is 5.51. The summed E-state index contributed by atoms with van der Waals surface area (Å²) in [7, 11) is 4.16. The van der Waals surface area contributed by atoms with E-state index in [1.165, 1.54) is 22.5 Å². The third-order valence-electron chi connectivity index (χ3n) is 2.87. The van der Waals surface area contributed by atoms with Crippen LogP contribution in [0.15, 0.2) is 36.7 Å². The zero-order chi connectivity index (χ0) is 11.7. The lowest BCUT2D eigenvalue weighted by Gasteiger charge is -2.01. The van der Waals surface area contributed by atoms with Crippen molar-refractivity contribution in [2.75, 3.05) is 0 Å². The molecule has 0 aliphatic heterocycles. The number of hydrogen-bond donors (Lipinski definition) is 0. The lowest BCUT2D eigenvalue weighted by atomic mass is 10.1. The average molecular weight is 285 g/mol. The molecule has 2 nitrogen and oxygen atoms in total. The molecular weight excluding hydrogens is 267 g/mol. The maximum atomic E-state index is 2.22. The van der Waals surface area contributed by atoms with Gasteiger partial charge in [0.2, 0.25) is 0 Å². The highest BCUT2D eigenvalue weighted by Gasteiger charge is 2.18. The van der Waals surface area contributed by atoms with Crippen molar-refractivity contribution in [3.63, 3.8) is 0 Å². The van der Waals surface area contributed by atoms with E-state index in [4.69, 9.17) is 0 Å². The first kappa shape index (κ1) is 16.9. The Bertz CT molecular complexity index is 490. The largest absolute Gasteiger partial charge is 1.00 e. The van der Waals surface area contributed by atoms with Crippen molar-refractivity contribution in [3.8, 4) is 11.4 Å². The summed E-state index contributed by atoms with van der Waals surface area (Å²) in [5, 5.41) is 0. The van der Waals surface area contributed by atoms with Crippen molar-refractivity contribution in [1.29, 1.82) is 0 Å². The van der Waals surface area contributed by atoms with E-state index in [-0.39, 0.29) is 24.8 Å². The van der Waals surface area contributed by atoms with Gasteiger partial charge in [-0.3, -0.25) is 0 Å². The third-order valence-corrected chi connectivity index (χ3v) is 2.87. The molecule has 2 aromatic heterocycles. The summed E-state index contributed by atoms with van der Waals surface area (Å²) >= 11 is 0. The minimum absolute atomic E-state index is 0. The molecule has 98 valence electrons. The van der Waals surface area contributed by atoms with Gasteiger partial charge < -0.3 is 24.8 Å². The number of aryl methyl sites for hydroxylation is 4. The standard InChI is InChI=1S/C14H18N2.2ClH/c1-11-5-7-15(3)13(9-11)14-10-12(2)6-8-16(14)4;;/h5-10H,1-4H3;2*1H/q+2;;/p-2. The van der Waals surface area contributed by atoms with Gasteiger partial charge in [-0.15, -0.1) is 0 Å². The van der Waals surface area contributed by atoms with Gasteiger partial charge in [-0.1, -0.05) is 0 Å². The first-order valence-corrected chi connectivity index (χ1v) is 5.51. The van der Waals surface area contributed by atoms with E-state index < -0.39 is 0 Å². The molecule has 0 aliphatic rings. The average Bonchev–Trinajstić information content (AvgIpc) is 2.25. The molecule has 0 saturated carbocycles. The Labute approximate surface area is 121 Å². The highest BCUT2D eigenvalue weighted by molar-refractivity contribution is 5.48. The number of rotatable bonds is 1. The molecule has 18 heavy (non-hydrogen) atoms. The van der Waals surface area contributed by atoms with Crippen LogP contribution >= 0.6 is 0 Å². The van der Waals surface area contributed by atoms with Crippen molar-refractivity contribution in [2.24, 2.45) is 14.1 Å². The molecule has 2 aromatic rings. The Morgan fingerprint density at radius 1 is 0.722 bits per heavy atom. The smallest absolute Gasteiger partial charge is 0.277 e. The van der Waals surface area contributed by atoms with Crippen molar-refractivity contribution in [3.05, 3.63) is 47.8 Å². The fourth-order valence-corrected chi connectivity index (χ4v) is 1.86. The van der Waals surface area contributed by atoms with Crippen LogP contribution in [0.25, 0.3) is 11.4 Å². The number of hydrogen-bond acceptors (Lipinski definition) is 0. The van der Waals surface area contributed by atoms with Gasteiger partial charge >= 0.3 is 0 Å². The second-order valence-corrected chi connectivity index (χ2v) is 4.40. The van der Waals surface area contributed by atoms with Crippen LogP contribution in [0.5, 0.6) is 0 Å². The Morgan fingerprint density at radius 2 is 1.06 bits per heavy atom. The van der Waals surface area contributed by atoms with Crippen LogP contribution in [-0.2, 0) is 14.1 Å². The predicted octanol–water partition coefficient (Wildman–Crippen LogP) is -4.37. The van der Waals surface area contributed by atoms with Crippen molar-refractivity contribution >= 4 is 0 Å². The first-order chi connectivity index (χ1) is 7.58. The van der Waals surface area contributed by atoms with Crippen molar-refractivity contribution in [2.45, 2.75) is 13.8 Å². The number of nitrogens with zero attached hydrogens (tertiary/aromatic N) is 2. The summed E-state index contributed by atoms with van der Waals surface area (Å²) in [6.07, 6.45) is 4.21. The van der Waals surface area contributed by atoms with Crippen LogP contribution in [0, 0.1) is 13.8 Å². The summed E-state index contributed by atoms with van der Waals surface area (Å²) in [6, 6.07) is 8.68. The van der Waals surface area contributed by atoms with Crippen LogP contribution in [0.2, 0.25) is 0 Å². The third kappa shape index (κ3) is 3.44. The Morgan fingerprint density at radius 3 is 1.39 bits per heavy atom. The monoisotopic (exact) mass is 284 g/mol. The van der Waals surface area contributed by atoms with E-state index in [9.17, 15) is 0 Å². The Hall–Kier alpha value is -1.12. The predicted molar refractivity (Wildman–Crippen MR) is 63.7 cm³/mol. The molecule has 4 heteroatoms. The molecule has 0 atom stereocenters. The molecule has 0 N–H and O–H groups in total. The summed E-state index contributed by atoms with van der Waals surface area (Å²) < 4.78 is 4.31. The molecular formula is C14H18Cl2N2. The van der Waals surface area contributed by atoms with Crippen LogP contribution in [0.4, 0.5) is 0 Å². The van der Waals surface area contributed by atoms with Crippen LogP contribution in [0.3, 0.4) is 0 Å². The molecule has 0 amide bonds. The molecule has 0 fully saturated rings. The summed E-state index contributed by atoms with van der Waals surface area (Å²) in [6.45, 7) is 4.25. The highest BCUT2D eigenvalue weighted by atomic mass is 35.5. The van der Waals surface area contributed by atoms with Crippen LogP contribution in [0.1, 0.15) is 11.1 Å². The molecule has 2 rings (SSSR count). The van der Waals surface area contributed by atoms with E-state index in [1.54, 1.807) is 0 Å². The Balaban J connectivity index is 0.00000144. The number of pyridine rings is 2. The second-order valence-electron chi connectivity index (χ2n) is 4.40. The zero-order valence-corrected chi connectivity index (χ0v) is 12.6. The minimum atomic E-state index is 0. The lowest BCUT2D eigenvalue weighted by Crippen LogP contribution is -3.00. The van der Waals surface area contributed by atoms with E-state index in [0.717, 1.165) is 0 Å². The van der Waals surface area contributed by atoms with Gasteiger partial charge in [0.25, 0.3) is 11.4 Å². The van der Waals surface area contributed by atoms with Gasteiger partial charge in [0.1, 0.15) is 14.1 Å². The topological polar surface area (TPSA) is 7.76 Å². The minimum Gasteiger partial charge on any atom is -1.00 e. The molecule has 0 spiro atoms. The molecule has 0 unspecified atom stereocenters. The van der Waals surface area contributed by atoms with E-state index in [0.29, 0.717) is 0 Å². The van der Waals surface area contributed by atoms with Gasteiger partial charge in [0, 0.05) is 24.3 Å². The van der Waals surface area contributed by atoms with Crippen LogP contribution in [-0.4, -0.2) is 0 Å². The molecule has 0 bridgehead atoms. The molecule has 0 aliphatic carbocycles. The van der Waals surface area contributed by atoms with E-state index >= 15 is 0 Å². The number of halogens is 2. The lowest BCUT2D eigenvalue weighted by molar-refractivity contribution is -0.690. The molecule has 0 aromatic carbocycles. The van der Waals surface area contributed by atoms with Gasteiger partial charge in [-0.05, 0) is 25.0 Å². The summed E-state index contributed by atoms with van der Waals surface area (Å²) in [4.78, 5) is 0. The normalized spacial score (nSPS) is 9.33. The summed E-state index contributed by atoms with van der Waals surface area (Å²) in [5.41, 5.74) is 5.06. The fraction of sp³-hybridized carbons (Fsp3) is 0.286. The maximum absolute atomic E-state index is 2.22.